The summed E-state index contributed by atoms with van der Waals surface area (Å²) in [4.78, 5) is 32.3. The van der Waals surface area contributed by atoms with Gasteiger partial charge in [-0.15, -0.1) is 5.10 Å². The number of benzene rings is 1. The maximum Gasteiger partial charge on any atom is 0.378 e. The highest BCUT2D eigenvalue weighted by Crippen LogP contribution is 2.26. The van der Waals surface area contributed by atoms with E-state index in [-0.39, 0.29) is 5.82 Å². The quantitative estimate of drug-likeness (QED) is 0.574. The van der Waals surface area contributed by atoms with Gasteiger partial charge in [0.1, 0.15) is 0 Å². The van der Waals surface area contributed by atoms with Crippen molar-refractivity contribution in [2.75, 3.05) is 11.9 Å². The minimum atomic E-state index is -0.794. The van der Waals surface area contributed by atoms with Crippen LogP contribution in [-0.2, 0) is 9.53 Å². The topological polar surface area (TPSA) is 98.5 Å². The van der Waals surface area contributed by atoms with Crippen molar-refractivity contribution in [1.82, 2.24) is 19.6 Å². The van der Waals surface area contributed by atoms with E-state index in [0.717, 1.165) is 15.9 Å². The number of hydrogen-bond acceptors (Lipinski definition) is 6. The summed E-state index contributed by atoms with van der Waals surface area (Å²) in [6.07, 6.45) is 0. The number of ether oxygens (including phenoxy) is 1. The molecule has 8 nitrogen and oxygen atoms in total. The third-order valence-electron chi connectivity index (χ3n) is 3.34. The predicted octanol–water partition coefficient (Wildman–Crippen LogP) is 3.06. The maximum atomic E-state index is 12.1. The first kappa shape index (κ1) is 18.5. The average molecular weight is 483 g/mol. The highest BCUT2D eigenvalue weighted by atomic mass is 79.9. The Morgan fingerprint density at radius 2 is 1.96 bits per heavy atom. The van der Waals surface area contributed by atoms with Crippen LogP contribution in [-0.4, -0.2) is 38.1 Å². The van der Waals surface area contributed by atoms with E-state index in [1.165, 1.54) is 4.52 Å². The Labute approximate surface area is 165 Å². The maximum absolute atomic E-state index is 12.1. The zero-order valence-corrected chi connectivity index (χ0v) is 17.0. The van der Waals surface area contributed by atoms with Crippen LogP contribution in [0.1, 0.15) is 22.0 Å². The first-order chi connectivity index (χ1) is 12.3. The Morgan fingerprint density at radius 3 is 2.69 bits per heavy atom. The largest absolute Gasteiger partial charge is 0.450 e. The van der Waals surface area contributed by atoms with Crippen LogP contribution in [0.4, 0.5) is 5.69 Å². The van der Waals surface area contributed by atoms with Gasteiger partial charge in [0, 0.05) is 20.3 Å². The Hall–Kier alpha value is -2.33. The number of anilines is 1. The number of esters is 1. The first-order valence-electron chi connectivity index (χ1n) is 7.46. The van der Waals surface area contributed by atoms with Crippen molar-refractivity contribution in [3.8, 4) is 0 Å². The van der Waals surface area contributed by atoms with Crippen molar-refractivity contribution < 1.29 is 14.3 Å². The van der Waals surface area contributed by atoms with Crippen molar-refractivity contribution in [2.45, 2.75) is 13.8 Å². The number of nitrogens with zero attached hydrogens (tertiary/aromatic N) is 4. The molecule has 3 aromatic rings. The van der Waals surface area contributed by atoms with Gasteiger partial charge in [0.15, 0.2) is 6.61 Å². The van der Waals surface area contributed by atoms with Crippen molar-refractivity contribution in [2.24, 2.45) is 0 Å². The van der Waals surface area contributed by atoms with E-state index in [4.69, 9.17) is 4.74 Å². The minimum absolute atomic E-state index is 0.149. The van der Waals surface area contributed by atoms with Crippen LogP contribution >= 0.6 is 31.9 Å². The second-order valence-corrected chi connectivity index (χ2v) is 7.20. The Bertz CT molecular complexity index is 1020. The van der Waals surface area contributed by atoms with Gasteiger partial charge in [-0.05, 0) is 54.0 Å². The van der Waals surface area contributed by atoms with Crippen molar-refractivity contribution >= 4 is 55.2 Å². The van der Waals surface area contributed by atoms with Crippen LogP contribution in [0, 0.1) is 13.8 Å². The highest BCUT2D eigenvalue weighted by Gasteiger charge is 2.18. The molecule has 0 atom stereocenters. The molecule has 0 spiro atoms. The molecule has 0 aliphatic heterocycles. The van der Waals surface area contributed by atoms with Gasteiger partial charge in [-0.2, -0.15) is 4.98 Å². The molecule has 1 aromatic carbocycles. The molecule has 10 heteroatoms. The SMILES string of the molecule is Cc1cc(C)n2nc(C(=O)OCC(=O)Nc3ccc(Br)cc3Br)nc2n1. The van der Waals surface area contributed by atoms with Crippen LogP contribution < -0.4 is 5.32 Å². The van der Waals surface area contributed by atoms with Crippen LogP contribution in [0.15, 0.2) is 33.2 Å². The molecule has 0 bridgehead atoms. The summed E-state index contributed by atoms with van der Waals surface area (Å²) in [5, 5.41) is 6.71. The summed E-state index contributed by atoms with van der Waals surface area (Å²) >= 11 is 6.67. The number of amides is 1. The zero-order chi connectivity index (χ0) is 18.8. The van der Waals surface area contributed by atoms with E-state index in [9.17, 15) is 9.59 Å². The number of carbonyl (C=O) groups excluding carboxylic acids is 2. The number of nitrogens with one attached hydrogen (secondary N) is 1. The fourth-order valence-corrected chi connectivity index (χ4v) is 3.37. The van der Waals surface area contributed by atoms with E-state index in [1.54, 1.807) is 18.2 Å². The number of aryl methyl sites for hydroxylation is 2. The summed E-state index contributed by atoms with van der Waals surface area (Å²) in [7, 11) is 0. The molecular weight excluding hydrogens is 470 g/mol. The van der Waals surface area contributed by atoms with E-state index >= 15 is 0 Å². The summed E-state index contributed by atoms with van der Waals surface area (Å²) in [6.45, 7) is 3.20. The van der Waals surface area contributed by atoms with Gasteiger partial charge in [0.05, 0.1) is 5.69 Å². The van der Waals surface area contributed by atoms with Crippen molar-refractivity contribution in [3.63, 3.8) is 0 Å². The smallest absolute Gasteiger partial charge is 0.378 e. The molecule has 0 radical (unpaired) electrons. The molecule has 2 heterocycles. The van der Waals surface area contributed by atoms with E-state index in [2.05, 4.69) is 52.2 Å². The van der Waals surface area contributed by atoms with Crippen LogP contribution in [0.25, 0.3) is 5.78 Å². The van der Waals surface area contributed by atoms with Gasteiger partial charge < -0.3 is 10.1 Å². The van der Waals surface area contributed by atoms with Gasteiger partial charge in [0.25, 0.3) is 17.5 Å². The first-order valence-corrected chi connectivity index (χ1v) is 9.05. The lowest BCUT2D eigenvalue weighted by molar-refractivity contribution is -0.119. The second-order valence-electron chi connectivity index (χ2n) is 5.43. The lowest BCUT2D eigenvalue weighted by Crippen LogP contribution is -2.21. The molecular formula is C16H13Br2N5O3. The molecule has 26 heavy (non-hydrogen) atoms. The molecule has 2 aromatic heterocycles. The third-order valence-corrected chi connectivity index (χ3v) is 4.49. The number of rotatable bonds is 4. The fraction of sp³-hybridized carbons (Fsp3) is 0.188. The van der Waals surface area contributed by atoms with Gasteiger partial charge in [-0.25, -0.2) is 14.3 Å². The van der Waals surface area contributed by atoms with E-state index in [0.29, 0.717) is 15.9 Å². The highest BCUT2D eigenvalue weighted by molar-refractivity contribution is 9.11. The molecule has 0 saturated carbocycles. The minimum Gasteiger partial charge on any atom is -0.450 e. The molecule has 0 aliphatic rings. The summed E-state index contributed by atoms with van der Waals surface area (Å²) in [6, 6.07) is 7.11. The molecule has 0 saturated heterocycles. The molecule has 3 rings (SSSR count). The molecule has 0 unspecified atom stereocenters. The fourth-order valence-electron chi connectivity index (χ4n) is 2.23. The second kappa shape index (κ2) is 7.50. The number of fused-ring (bicyclic) bond motifs is 1. The lowest BCUT2D eigenvalue weighted by atomic mass is 10.3. The van der Waals surface area contributed by atoms with E-state index in [1.807, 2.05) is 19.9 Å². The van der Waals surface area contributed by atoms with Gasteiger partial charge >= 0.3 is 5.97 Å². The van der Waals surface area contributed by atoms with Crippen LogP contribution in [0.3, 0.4) is 0 Å². The molecule has 0 fully saturated rings. The van der Waals surface area contributed by atoms with Crippen LogP contribution in [0.5, 0.6) is 0 Å². The average Bonchev–Trinajstić information content (AvgIpc) is 2.99. The molecule has 134 valence electrons. The van der Waals surface area contributed by atoms with Crippen molar-refractivity contribution in [1.29, 1.82) is 0 Å². The van der Waals surface area contributed by atoms with Gasteiger partial charge in [-0.1, -0.05) is 15.9 Å². The molecule has 0 aliphatic carbocycles. The predicted molar refractivity (Wildman–Crippen MR) is 101 cm³/mol. The number of carbonyl (C=O) groups is 2. The molecule has 1 amide bonds. The number of hydrogen-bond donors (Lipinski definition) is 1. The monoisotopic (exact) mass is 481 g/mol. The van der Waals surface area contributed by atoms with Crippen LogP contribution in [0.2, 0.25) is 0 Å². The Balaban J connectivity index is 1.65. The normalized spacial score (nSPS) is 10.8. The number of aromatic nitrogens is 4. The Kier molecular flexibility index (Phi) is 5.33. The summed E-state index contributed by atoms with van der Waals surface area (Å²) in [5.74, 6) is -1.12. The third kappa shape index (κ3) is 4.07. The Morgan fingerprint density at radius 1 is 1.19 bits per heavy atom. The zero-order valence-electron chi connectivity index (χ0n) is 13.8. The summed E-state index contributed by atoms with van der Waals surface area (Å²) in [5.41, 5.74) is 2.12. The lowest BCUT2D eigenvalue weighted by Gasteiger charge is -2.07. The molecule has 1 N–H and O–H groups in total. The van der Waals surface area contributed by atoms with Gasteiger partial charge in [-0.3, -0.25) is 4.79 Å². The van der Waals surface area contributed by atoms with E-state index < -0.39 is 18.5 Å². The number of halogens is 2. The summed E-state index contributed by atoms with van der Waals surface area (Å²) < 4.78 is 8.00. The standard InChI is InChI=1S/C16H13Br2N5O3/c1-8-5-9(2)23-16(19-8)21-14(22-23)15(25)26-7-13(24)20-12-4-3-10(17)6-11(12)18/h3-6H,7H2,1-2H3,(H,20,24). The van der Waals surface area contributed by atoms with Gasteiger partial charge in [0.2, 0.25) is 0 Å². The van der Waals surface area contributed by atoms with Crippen molar-refractivity contribution in [3.05, 3.63) is 50.4 Å².